The summed E-state index contributed by atoms with van der Waals surface area (Å²) in [5.74, 6) is 0. The largest absolute Gasteiger partial charge is 0.391 e. The van der Waals surface area contributed by atoms with Crippen LogP contribution in [0.3, 0.4) is 0 Å². The summed E-state index contributed by atoms with van der Waals surface area (Å²) >= 11 is 5.07. The molecule has 2 rings (SSSR count). The summed E-state index contributed by atoms with van der Waals surface area (Å²) in [6.07, 6.45) is 1.53. The molecule has 0 aromatic carbocycles. The highest BCUT2D eigenvalue weighted by atomic mass is 32.1. The Morgan fingerprint density at radius 3 is 2.40 bits per heavy atom. The van der Waals surface area contributed by atoms with Crippen LogP contribution in [0.25, 0.3) is 11.2 Å². The number of likely N-dealkylation sites (N-methyl/N-ethyl adjacent to an activating group) is 1. The molecule has 0 bridgehead atoms. The fourth-order valence-corrected chi connectivity index (χ4v) is 1.80. The lowest BCUT2D eigenvalue weighted by atomic mass is 10.5. The number of hydrogen-bond acceptors (Lipinski definition) is 4. The SMILES string of the molecule is C[N+](C)(C)CCO.Cn1c(=S)c2[nH]cnc2n(C)c1=O. The minimum absolute atomic E-state index is 0.162. The summed E-state index contributed by atoms with van der Waals surface area (Å²) in [6.45, 7) is 1.11. The van der Waals surface area contributed by atoms with Crippen molar-refractivity contribution in [3.05, 3.63) is 21.5 Å². The number of aliphatic hydroxyl groups excluding tert-OH is 1. The smallest absolute Gasteiger partial charge is 0.330 e. The Balaban J connectivity index is 0.000000246. The minimum Gasteiger partial charge on any atom is -0.391 e. The van der Waals surface area contributed by atoms with Crippen molar-refractivity contribution < 1.29 is 9.59 Å². The third kappa shape index (κ3) is 3.75. The van der Waals surface area contributed by atoms with Gasteiger partial charge in [0.1, 0.15) is 16.7 Å². The molecule has 0 aliphatic rings. The van der Waals surface area contributed by atoms with Gasteiger partial charge in [-0.25, -0.2) is 9.78 Å². The number of aromatic nitrogens is 4. The Hall–Kier alpha value is -1.51. The van der Waals surface area contributed by atoms with Gasteiger partial charge in [0, 0.05) is 14.1 Å². The van der Waals surface area contributed by atoms with E-state index in [0.717, 1.165) is 16.5 Å². The Morgan fingerprint density at radius 2 is 1.95 bits per heavy atom. The van der Waals surface area contributed by atoms with Gasteiger partial charge in [-0.15, -0.1) is 0 Å². The van der Waals surface area contributed by atoms with E-state index in [4.69, 9.17) is 17.3 Å². The Bertz CT molecular complexity index is 692. The maximum absolute atomic E-state index is 11.5. The molecule has 2 aromatic rings. The van der Waals surface area contributed by atoms with E-state index < -0.39 is 0 Å². The molecule has 8 heteroatoms. The van der Waals surface area contributed by atoms with Gasteiger partial charge in [-0.05, 0) is 0 Å². The molecule has 20 heavy (non-hydrogen) atoms. The average molecular weight is 300 g/mol. The standard InChI is InChI=1S/C7H8N4OS.C5H14NO/c1-10-5-4(8-3-9-5)6(13)11(2)7(10)12;1-6(2,3)4-5-7/h3H,1-2H3,(H,8,9);7H,4-5H2,1-3H3/q;+1. The van der Waals surface area contributed by atoms with Gasteiger partial charge in [-0.1, -0.05) is 12.2 Å². The summed E-state index contributed by atoms with van der Waals surface area (Å²) in [4.78, 5) is 18.4. The van der Waals surface area contributed by atoms with Crippen molar-refractivity contribution in [2.24, 2.45) is 14.1 Å². The van der Waals surface area contributed by atoms with Gasteiger partial charge < -0.3 is 14.6 Å². The second-order valence-corrected chi connectivity index (χ2v) is 5.93. The van der Waals surface area contributed by atoms with Gasteiger partial charge in [0.25, 0.3) is 0 Å². The van der Waals surface area contributed by atoms with Crippen LogP contribution in [0, 0.1) is 4.64 Å². The van der Waals surface area contributed by atoms with Crippen molar-refractivity contribution in [1.82, 2.24) is 19.1 Å². The molecule has 0 fully saturated rings. The minimum atomic E-state index is -0.162. The van der Waals surface area contributed by atoms with E-state index in [0.29, 0.717) is 10.3 Å². The van der Waals surface area contributed by atoms with Crippen LogP contribution in [-0.2, 0) is 14.1 Å². The van der Waals surface area contributed by atoms with E-state index >= 15 is 0 Å². The molecule has 0 unspecified atom stereocenters. The molecule has 7 nitrogen and oxygen atoms in total. The van der Waals surface area contributed by atoms with E-state index in [1.54, 1.807) is 14.1 Å². The highest BCUT2D eigenvalue weighted by molar-refractivity contribution is 7.71. The Kier molecular flexibility index (Phi) is 5.21. The molecule has 112 valence electrons. The molecule has 0 saturated carbocycles. The van der Waals surface area contributed by atoms with E-state index in [9.17, 15) is 4.79 Å². The zero-order valence-corrected chi connectivity index (χ0v) is 13.4. The second kappa shape index (κ2) is 6.29. The number of aliphatic hydroxyl groups is 1. The van der Waals surface area contributed by atoms with Crippen molar-refractivity contribution in [1.29, 1.82) is 0 Å². The number of rotatable bonds is 2. The van der Waals surface area contributed by atoms with Crippen molar-refractivity contribution in [2.75, 3.05) is 34.3 Å². The summed E-state index contributed by atoms with van der Waals surface area (Å²) in [6, 6.07) is 0. The predicted octanol–water partition coefficient (Wildman–Crippen LogP) is 0.0145. The van der Waals surface area contributed by atoms with Crippen LogP contribution in [0.4, 0.5) is 0 Å². The molecule has 0 aliphatic heterocycles. The molecular formula is C12H22N5O2S+. The van der Waals surface area contributed by atoms with Crippen molar-refractivity contribution in [3.8, 4) is 0 Å². The molecule has 0 aliphatic carbocycles. The van der Waals surface area contributed by atoms with Gasteiger partial charge >= 0.3 is 5.69 Å². The number of fused-ring (bicyclic) bond motifs is 1. The first kappa shape index (κ1) is 16.5. The number of H-pyrrole nitrogens is 1. The van der Waals surface area contributed by atoms with Gasteiger partial charge in [0.05, 0.1) is 34.1 Å². The predicted molar refractivity (Wildman–Crippen MR) is 81.1 cm³/mol. The summed E-state index contributed by atoms with van der Waals surface area (Å²) in [7, 11) is 9.47. The lowest BCUT2D eigenvalue weighted by Gasteiger charge is -2.21. The number of nitrogens with zero attached hydrogens (tertiary/aromatic N) is 4. The van der Waals surface area contributed by atoms with Gasteiger partial charge in [0.15, 0.2) is 5.65 Å². The highest BCUT2D eigenvalue weighted by Gasteiger charge is 2.06. The van der Waals surface area contributed by atoms with Gasteiger partial charge in [-0.3, -0.25) is 9.13 Å². The molecule has 0 atom stereocenters. The molecule has 2 heterocycles. The van der Waals surface area contributed by atoms with Gasteiger partial charge in [-0.2, -0.15) is 0 Å². The van der Waals surface area contributed by atoms with Crippen LogP contribution in [0.5, 0.6) is 0 Å². The van der Waals surface area contributed by atoms with Crippen molar-refractivity contribution in [3.63, 3.8) is 0 Å². The average Bonchev–Trinajstić information content (AvgIpc) is 2.82. The molecule has 2 N–H and O–H groups in total. The fraction of sp³-hybridized carbons (Fsp3) is 0.583. The number of aryl methyl sites for hydroxylation is 1. The van der Waals surface area contributed by atoms with E-state index in [1.807, 2.05) is 0 Å². The summed E-state index contributed by atoms with van der Waals surface area (Å²) < 4.78 is 4.20. The maximum atomic E-state index is 11.5. The zero-order valence-electron chi connectivity index (χ0n) is 12.5. The van der Waals surface area contributed by atoms with Crippen LogP contribution in [0.15, 0.2) is 11.1 Å². The first-order valence-electron chi connectivity index (χ1n) is 6.19. The molecule has 2 aromatic heterocycles. The monoisotopic (exact) mass is 300 g/mol. The third-order valence-electron chi connectivity index (χ3n) is 2.80. The van der Waals surface area contributed by atoms with Crippen LogP contribution in [0.1, 0.15) is 0 Å². The highest BCUT2D eigenvalue weighted by Crippen LogP contribution is 2.05. The van der Waals surface area contributed by atoms with Crippen LogP contribution in [-0.4, -0.2) is 63.0 Å². The molecule has 0 radical (unpaired) electrons. The van der Waals surface area contributed by atoms with Crippen LogP contribution in [0.2, 0.25) is 0 Å². The first-order valence-corrected chi connectivity index (χ1v) is 6.60. The second-order valence-electron chi connectivity index (χ2n) is 5.54. The lowest BCUT2D eigenvalue weighted by Crippen LogP contribution is -2.36. The maximum Gasteiger partial charge on any atom is 0.330 e. The third-order valence-corrected chi connectivity index (χ3v) is 3.28. The van der Waals surface area contributed by atoms with Gasteiger partial charge in [0.2, 0.25) is 0 Å². The topological polar surface area (TPSA) is 75.8 Å². The lowest BCUT2D eigenvalue weighted by molar-refractivity contribution is -0.870. The normalized spacial score (nSPS) is 11.3. The number of imidazole rings is 1. The number of nitrogens with one attached hydrogen (secondary N) is 1. The molecule has 0 saturated heterocycles. The van der Waals surface area contributed by atoms with Crippen LogP contribution >= 0.6 is 12.2 Å². The van der Waals surface area contributed by atoms with Crippen molar-refractivity contribution in [2.45, 2.75) is 0 Å². The number of hydrogen-bond donors (Lipinski definition) is 2. The molecule has 0 amide bonds. The quantitative estimate of drug-likeness (QED) is 0.605. The fourth-order valence-electron chi connectivity index (χ4n) is 1.57. The molecule has 0 spiro atoms. The van der Waals surface area contributed by atoms with E-state index in [1.165, 1.54) is 15.5 Å². The summed E-state index contributed by atoms with van der Waals surface area (Å²) in [5, 5.41) is 8.39. The van der Waals surface area contributed by atoms with Crippen molar-refractivity contribution >= 4 is 23.4 Å². The number of aromatic amines is 1. The Labute approximate surface area is 122 Å². The zero-order chi connectivity index (χ0) is 15.5. The van der Waals surface area contributed by atoms with E-state index in [2.05, 4.69) is 31.1 Å². The summed E-state index contributed by atoms with van der Waals surface area (Å²) in [5.41, 5.74) is 1.15. The van der Waals surface area contributed by atoms with Crippen LogP contribution < -0.4 is 5.69 Å². The molecular weight excluding hydrogens is 278 g/mol. The number of quaternary nitrogens is 1. The Morgan fingerprint density at radius 1 is 1.35 bits per heavy atom. The van der Waals surface area contributed by atoms with E-state index in [-0.39, 0.29) is 12.3 Å². The first-order chi connectivity index (χ1) is 9.19.